The number of aliphatic carboxylic acids is 1. The molecule has 0 bridgehead atoms. The van der Waals surface area contributed by atoms with E-state index in [1.54, 1.807) is 6.20 Å². The van der Waals surface area contributed by atoms with Gasteiger partial charge in [-0.1, -0.05) is 18.2 Å². The van der Waals surface area contributed by atoms with Crippen LogP contribution in [0.1, 0.15) is 42.9 Å². The fraction of sp³-hybridized carbons (Fsp3) is 0.545. The van der Waals surface area contributed by atoms with Gasteiger partial charge in [-0.05, 0) is 56.8 Å². The van der Waals surface area contributed by atoms with Crippen LogP contribution in [0, 0.1) is 6.92 Å². The van der Waals surface area contributed by atoms with Crippen molar-refractivity contribution in [2.24, 2.45) is 0 Å². The van der Waals surface area contributed by atoms with Gasteiger partial charge >= 0.3 is 5.97 Å². The number of benzene rings is 1. The van der Waals surface area contributed by atoms with E-state index >= 15 is 0 Å². The van der Waals surface area contributed by atoms with Crippen LogP contribution in [0.2, 0.25) is 0 Å². The van der Waals surface area contributed by atoms with E-state index in [0.717, 1.165) is 31.7 Å². The Morgan fingerprint density at radius 3 is 2.68 bits per heavy atom. The molecule has 2 aromatic rings. The second-order valence-electron chi connectivity index (χ2n) is 8.17. The molecule has 4 rings (SSSR count). The van der Waals surface area contributed by atoms with E-state index in [2.05, 4.69) is 46.1 Å². The normalized spacial score (nSPS) is 21.8. The first-order valence-corrected chi connectivity index (χ1v) is 10.4. The Kier molecular flexibility index (Phi) is 5.67. The van der Waals surface area contributed by atoms with Crippen LogP contribution in [0.4, 0.5) is 5.69 Å². The zero-order chi connectivity index (χ0) is 19.5. The molecule has 6 heteroatoms. The smallest absolute Gasteiger partial charge is 0.325 e. The molecule has 0 spiro atoms. The lowest BCUT2D eigenvalue weighted by Crippen LogP contribution is -2.48. The van der Waals surface area contributed by atoms with Gasteiger partial charge in [0.25, 0.3) is 0 Å². The lowest BCUT2D eigenvalue weighted by Gasteiger charge is -2.43. The van der Waals surface area contributed by atoms with Crippen LogP contribution < -0.4 is 4.90 Å². The number of carboxylic acids is 1. The Bertz CT molecular complexity index is 810. The van der Waals surface area contributed by atoms with Crippen LogP contribution in [0.3, 0.4) is 0 Å². The molecule has 2 fully saturated rings. The van der Waals surface area contributed by atoms with Crippen LogP contribution in [0.25, 0.3) is 0 Å². The van der Waals surface area contributed by atoms with E-state index in [0.29, 0.717) is 12.0 Å². The molecule has 0 amide bonds. The monoisotopic (exact) mass is 382 g/mol. The van der Waals surface area contributed by atoms with Crippen molar-refractivity contribution in [3.63, 3.8) is 0 Å². The topological polar surface area (TPSA) is 61.6 Å². The molecule has 0 unspecified atom stereocenters. The van der Waals surface area contributed by atoms with Crippen molar-refractivity contribution in [2.45, 2.75) is 51.1 Å². The molecule has 0 aliphatic carbocycles. The highest BCUT2D eigenvalue weighted by Gasteiger charge is 2.30. The van der Waals surface area contributed by atoms with Gasteiger partial charge < -0.3 is 10.0 Å². The van der Waals surface area contributed by atoms with Crippen molar-refractivity contribution in [2.75, 3.05) is 31.1 Å². The molecule has 0 radical (unpaired) electrons. The van der Waals surface area contributed by atoms with Gasteiger partial charge in [0.2, 0.25) is 0 Å². The van der Waals surface area contributed by atoms with Gasteiger partial charge in [-0.15, -0.1) is 0 Å². The van der Waals surface area contributed by atoms with Gasteiger partial charge in [0.05, 0.1) is 5.69 Å². The standard InChI is InChI=1S/C22H30N4O2/c1-17-5-2-3-7-21(17)24-12-8-19(9-13-24)25-11-4-6-18(15-25)20-10-14-26(23-20)16-22(27)28/h2-3,5,7,10,14,18-19H,4,6,8-9,11-13,15-16H2,1H3,(H,27,28)/t18-/m1/s1. The molecule has 1 aromatic heterocycles. The average molecular weight is 383 g/mol. The predicted molar refractivity (Wildman–Crippen MR) is 110 cm³/mol. The molecule has 3 heterocycles. The molecular formula is C22H30N4O2. The minimum absolute atomic E-state index is 0.0617. The van der Waals surface area contributed by atoms with Gasteiger partial charge in [-0.3, -0.25) is 14.4 Å². The van der Waals surface area contributed by atoms with Gasteiger partial charge in [0.15, 0.2) is 0 Å². The third-order valence-electron chi connectivity index (χ3n) is 6.27. The van der Waals surface area contributed by atoms with E-state index in [9.17, 15) is 4.79 Å². The first kappa shape index (κ1) is 19.0. The number of para-hydroxylation sites is 1. The zero-order valence-electron chi connectivity index (χ0n) is 16.6. The second-order valence-corrected chi connectivity index (χ2v) is 8.17. The van der Waals surface area contributed by atoms with Crippen molar-refractivity contribution in [1.29, 1.82) is 0 Å². The zero-order valence-corrected chi connectivity index (χ0v) is 16.6. The Morgan fingerprint density at radius 2 is 1.93 bits per heavy atom. The van der Waals surface area contributed by atoms with Gasteiger partial charge in [-0.2, -0.15) is 5.10 Å². The molecule has 2 aliphatic rings. The quantitative estimate of drug-likeness (QED) is 0.861. The first-order valence-electron chi connectivity index (χ1n) is 10.4. The maximum absolute atomic E-state index is 10.9. The van der Waals surface area contributed by atoms with Crippen molar-refractivity contribution >= 4 is 11.7 Å². The number of hydrogen-bond donors (Lipinski definition) is 1. The highest BCUT2D eigenvalue weighted by molar-refractivity contribution is 5.66. The molecule has 2 aliphatic heterocycles. The molecule has 1 aromatic carbocycles. The summed E-state index contributed by atoms with van der Waals surface area (Å²) < 4.78 is 1.54. The molecule has 6 nitrogen and oxygen atoms in total. The van der Waals surface area contributed by atoms with Crippen LogP contribution in [0.15, 0.2) is 36.5 Å². The SMILES string of the molecule is Cc1ccccc1N1CCC(N2CCC[C@@H](c3ccn(CC(=O)O)n3)C2)CC1. The number of anilines is 1. The number of nitrogens with zero attached hydrogens (tertiary/aromatic N) is 4. The lowest BCUT2D eigenvalue weighted by atomic mass is 9.91. The predicted octanol–water partition coefficient (Wildman–Crippen LogP) is 3.12. The van der Waals surface area contributed by atoms with E-state index < -0.39 is 5.97 Å². The lowest BCUT2D eigenvalue weighted by molar-refractivity contribution is -0.137. The van der Waals surface area contributed by atoms with Crippen molar-refractivity contribution in [3.05, 3.63) is 47.8 Å². The number of aryl methyl sites for hydroxylation is 1. The number of likely N-dealkylation sites (tertiary alicyclic amines) is 1. The maximum atomic E-state index is 10.9. The number of carboxylic acid groups (broad SMARTS) is 1. The Labute approximate surface area is 166 Å². The molecule has 150 valence electrons. The maximum Gasteiger partial charge on any atom is 0.325 e. The first-order chi connectivity index (χ1) is 13.6. The molecule has 2 saturated heterocycles. The Morgan fingerprint density at radius 1 is 1.14 bits per heavy atom. The fourth-order valence-electron chi connectivity index (χ4n) is 4.79. The summed E-state index contributed by atoms with van der Waals surface area (Å²) in [5.41, 5.74) is 3.78. The van der Waals surface area contributed by atoms with E-state index in [1.807, 2.05) is 6.07 Å². The largest absolute Gasteiger partial charge is 0.480 e. The minimum Gasteiger partial charge on any atom is -0.480 e. The molecule has 1 atom stereocenters. The average Bonchev–Trinajstić information content (AvgIpc) is 3.16. The van der Waals surface area contributed by atoms with Crippen molar-refractivity contribution in [1.82, 2.24) is 14.7 Å². The summed E-state index contributed by atoms with van der Waals surface area (Å²) >= 11 is 0. The number of hydrogen-bond acceptors (Lipinski definition) is 4. The van der Waals surface area contributed by atoms with Gasteiger partial charge in [0, 0.05) is 43.5 Å². The van der Waals surface area contributed by atoms with Crippen LogP contribution in [-0.2, 0) is 11.3 Å². The highest BCUT2D eigenvalue weighted by atomic mass is 16.4. The van der Waals surface area contributed by atoms with E-state index in [-0.39, 0.29) is 6.54 Å². The van der Waals surface area contributed by atoms with E-state index in [1.165, 1.54) is 41.7 Å². The number of piperidine rings is 2. The van der Waals surface area contributed by atoms with E-state index in [4.69, 9.17) is 5.11 Å². The molecule has 0 saturated carbocycles. The highest BCUT2D eigenvalue weighted by Crippen LogP contribution is 2.31. The third-order valence-corrected chi connectivity index (χ3v) is 6.27. The molecule has 1 N–H and O–H groups in total. The third kappa shape index (κ3) is 4.22. The number of carbonyl (C=O) groups is 1. The van der Waals surface area contributed by atoms with Gasteiger partial charge in [0.1, 0.15) is 6.54 Å². The summed E-state index contributed by atoms with van der Waals surface area (Å²) in [5, 5.41) is 13.5. The summed E-state index contributed by atoms with van der Waals surface area (Å²) in [6.45, 7) is 6.57. The summed E-state index contributed by atoms with van der Waals surface area (Å²) in [6.07, 6.45) is 6.53. The summed E-state index contributed by atoms with van der Waals surface area (Å²) in [6, 6.07) is 11.3. The molecule has 28 heavy (non-hydrogen) atoms. The summed E-state index contributed by atoms with van der Waals surface area (Å²) in [7, 11) is 0. The van der Waals surface area contributed by atoms with Crippen LogP contribution in [-0.4, -0.2) is 58.0 Å². The number of aromatic nitrogens is 2. The molecular weight excluding hydrogens is 352 g/mol. The fourth-order valence-corrected chi connectivity index (χ4v) is 4.79. The van der Waals surface area contributed by atoms with Crippen LogP contribution >= 0.6 is 0 Å². The van der Waals surface area contributed by atoms with Gasteiger partial charge in [-0.25, -0.2) is 0 Å². The van der Waals surface area contributed by atoms with Crippen molar-refractivity contribution < 1.29 is 9.90 Å². The van der Waals surface area contributed by atoms with Crippen molar-refractivity contribution in [3.8, 4) is 0 Å². The summed E-state index contributed by atoms with van der Waals surface area (Å²) in [4.78, 5) is 16.1. The Balaban J connectivity index is 1.35. The Hall–Kier alpha value is -2.34. The summed E-state index contributed by atoms with van der Waals surface area (Å²) in [5.74, 6) is -0.432. The van der Waals surface area contributed by atoms with Crippen LogP contribution in [0.5, 0.6) is 0 Å². The second kappa shape index (κ2) is 8.35. The minimum atomic E-state index is -0.847. The number of rotatable bonds is 5.